The monoisotopic (exact) mass is 1450 g/mol. The van der Waals surface area contributed by atoms with E-state index in [0.717, 1.165) is 26.7 Å². The van der Waals surface area contributed by atoms with Gasteiger partial charge < -0.3 is 92.4 Å². The summed E-state index contributed by atoms with van der Waals surface area (Å²) < 4.78 is 5.22. The fourth-order valence-corrected chi connectivity index (χ4v) is 13.5. The molecule has 28 heteroatoms. The number of primary amides is 1. The molecule has 0 saturated heterocycles. The molecule has 102 heavy (non-hydrogen) atoms. The molecule has 1 unspecified atom stereocenters. The second-order valence-electron chi connectivity index (χ2n) is 30.2. The smallest absolute Gasteiger partial charge is 0.247 e. The van der Waals surface area contributed by atoms with Gasteiger partial charge in [0.05, 0.1) is 63.8 Å². The average Bonchev–Trinajstić information content (AvgIpc) is 0.821. The first-order valence-electron chi connectivity index (χ1n) is 36.7. The van der Waals surface area contributed by atoms with E-state index in [9.17, 15) is 83.7 Å². The lowest BCUT2D eigenvalue weighted by Gasteiger charge is -2.38. The molecule has 586 valence electrons. The van der Waals surface area contributed by atoms with Crippen LogP contribution >= 0.6 is 0 Å². The van der Waals surface area contributed by atoms with Crippen LogP contribution in [0.1, 0.15) is 192 Å². The predicted octanol–water partition coefficient (Wildman–Crippen LogP) is 2.55. The maximum Gasteiger partial charge on any atom is 0.247 e. The van der Waals surface area contributed by atoms with E-state index in [0.29, 0.717) is 50.7 Å². The molecule has 0 fully saturated rings. The Hall–Kier alpha value is -6.56. The van der Waals surface area contributed by atoms with Crippen molar-refractivity contribution in [2.75, 3.05) is 55.1 Å². The van der Waals surface area contributed by atoms with Crippen LogP contribution in [0, 0.1) is 47.3 Å². The summed E-state index contributed by atoms with van der Waals surface area (Å²) in [6.07, 6.45) is 1.23. The van der Waals surface area contributed by atoms with Crippen molar-refractivity contribution in [3.8, 4) is 5.75 Å². The number of methoxy groups -OCH3 is 1. The molecule has 1 aromatic carbocycles. The molecule has 1 aromatic rings. The van der Waals surface area contributed by atoms with Crippen molar-refractivity contribution in [3.05, 3.63) is 29.8 Å². The Labute approximate surface area is 607 Å². The highest BCUT2D eigenvalue weighted by molar-refractivity contribution is 5.98. The fraction of sp³-hybridized carbons (Fsp3) is 0.784. The Morgan fingerprint density at radius 3 is 1.31 bits per heavy atom. The zero-order valence-corrected chi connectivity index (χ0v) is 64.6. The molecule has 0 radical (unpaired) electrons. The van der Waals surface area contributed by atoms with E-state index >= 15 is 0 Å². The van der Waals surface area contributed by atoms with E-state index in [1.807, 2.05) is 41.5 Å². The Kier molecular flexibility index (Phi) is 43.1. The zero-order chi connectivity index (χ0) is 78.2. The van der Waals surface area contributed by atoms with Gasteiger partial charge in [0, 0.05) is 34.6 Å². The molecule has 10 amide bonds. The van der Waals surface area contributed by atoms with Crippen molar-refractivity contribution in [3.63, 3.8) is 0 Å². The molecule has 0 aromatic heterocycles. The van der Waals surface area contributed by atoms with Crippen LogP contribution in [0.2, 0.25) is 0 Å². The van der Waals surface area contributed by atoms with E-state index in [2.05, 4.69) is 26.6 Å². The zero-order valence-electron chi connectivity index (χ0n) is 64.6. The number of amides is 10. The lowest BCUT2D eigenvalue weighted by molar-refractivity contribution is -0.151. The number of carbonyl (C=O) groups is 10. The number of likely N-dealkylation sites (N-methyl/N-ethyl adjacent to an activating group) is 4. The van der Waals surface area contributed by atoms with Crippen LogP contribution in [0.3, 0.4) is 0 Å². The van der Waals surface area contributed by atoms with Crippen LogP contribution in [0.25, 0.3) is 0 Å². The van der Waals surface area contributed by atoms with Crippen molar-refractivity contribution < 1.29 is 88.4 Å². The van der Waals surface area contributed by atoms with Crippen molar-refractivity contribution in [1.29, 1.82) is 0 Å². The molecule has 28 nitrogen and oxygen atoms in total. The third-order valence-corrected chi connectivity index (χ3v) is 18.9. The van der Waals surface area contributed by atoms with Gasteiger partial charge in [-0.25, -0.2) is 0 Å². The van der Waals surface area contributed by atoms with Crippen LogP contribution in [-0.4, -0.2) is 248 Å². The molecule has 0 saturated carbocycles. The van der Waals surface area contributed by atoms with Crippen molar-refractivity contribution in [2.24, 2.45) is 53.1 Å². The van der Waals surface area contributed by atoms with Gasteiger partial charge >= 0.3 is 0 Å². The number of nitrogens with one attached hydrogen (secondary N) is 5. The number of benzene rings is 1. The van der Waals surface area contributed by atoms with E-state index < -0.39 is 175 Å². The summed E-state index contributed by atoms with van der Waals surface area (Å²) in [6, 6.07) is -4.96. The Balaban J connectivity index is 3.33. The van der Waals surface area contributed by atoms with Crippen molar-refractivity contribution in [2.45, 2.75) is 272 Å². The Bertz CT molecular complexity index is 2740. The van der Waals surface area contributed by atoms with Gasteiger partial charge in [-0.3, -0.25) is 47.9 Å². The van der Waals surface area contributed by atoms with Crippen LogP contribution in [0.15, 0.2) is 24.3 Å². The molecule has 0 bridgehead atoms. The van der Waals surface area contributed by atoms with E-state index in [4.69, 9.17) is 10.5 Å². The van der Waals surface area contributed by atoms with E-state index in [1.165, 1.54) is 40.2 Å². The van der Waals surface area contributed by atoms with Gasteiger partial charge in [-0.1, -0.05) is 122 Å². The Morgan fingerprint density at radius 1 is 0.461 bits per heavy atom. The minimum Gasteiger partial charge on any atom is -0.497 e. The molecular formula is C74H132N10O18. The summed E-state index contributed by atoms with van der Waals surface area (Å²) in [4.78, 5) is 145. The molecule has 17 atom stereocenters. The SMILES string of the molecule is CCC[C@@H](O)C[C@@H](C)C[C@@H](O)CC(C)C[C@@H](O)C[C@@H](C)C[C@H](O)CC(=O)N[C@@H](CC(C)C)C(=O)N(C)[C@H](C(=O)N[C@@H](CO)C(=O)N[C@@H](CC(C)C)C(=O)N(C)[C@H](C(=O)N[C@@H](CO)C(=O)N(C)[C@H](C(=O)N(C)[C@@H](CCC(N)=O)C(=O)N[C@H](CO)Cc1ccc(OC)cc1)C(C)C)C(C)C)[C@@H](C)CC. The number of ether oxygens (including phenoxy) is 1. The van der Waals surface area contributed by atoms with Crippen molar-refractivity contribution >= 4 is 59.1 Å². The van der Waals surface area contributed by atoms with Gasteiger partial charge in [-0.15, -0.1) is 0 Å². The number of aliphatic hydroxyl groups is 7. The van der Waals surface area contributed by atoms with Crippen LogP contribution in [0.5, 0.6) is 5.75 Å². The summed E-state index contributed by atoms with van der Waals surface area (Å²) in [5, 5.41) is 87.9. The highest BCUT2D eigenvalue weighted by atomic mass is 16.5. The minimum absolute atomic E-state index is 0.000124. The number of nitrogens with two attached hydrogens (primary N) is 1. The number of carbonyl (C=O) groups excluding carboxylic acids is 10. The highest BCUT2D eigenvalue weighted by Gasteiger charge is 2.43. The first-order chi connectivity index (χ1) is 47.6. The summed E-state index contributed by atoms with van der Waals surface area (Å²) in [5.41, 5.74) is 6.24. The summed E-state index contributed by atoms with van der Waals surface area (Å²) in [7, 11) is 6.82. The second kappa shape index (κ2) is 47.0. The van der Waals surface area contributed by atoms with Gasteiger partial charge in [0.15, 0.2) is 0 Å². The molecule has 0 aliphatic carbocycles. The van der Waals surface area contributed by atoms with E-state index in [1.54, 1.807) is 79.7 Å². The number of hydrogen-bond donors (Lipinski definition) is 13. The number of rotatable bonds is 50. The molecule has 0 spiro atoms. The number of nitrogens with zero attached hydrogens (tertiary/aromatic N) is 4. The number of hydrogen-bond acceptors (Lipinski definition) is 18. The predicted molar refractivity (Wildman–Crippen MR) is 389 cm³/mol. The maximum absolute atomic E-state index is 14.7. The van der Waals surface area contributed by atoms with Crippen LogP contribution in [-0.2, 0) is 54.4 Å². The molecule has 1 rings (SSSR count). The highest BCUT2D eigenvalue weighted by Crippen LogP contribution is 2.26. The van der Waals surface area contributed by atoms with Gasteiger partial charge in [0.2, 0.25) is 59.1 Å². The van der Waals surface area contributed by atoms with Crippen LogP contribution in [0.4, 0.5) is 0 Å². The normalized spacial score (nSPS) is 16.8. The van der Waals surface area contributed by atoms with Crippen LogP contribution < -0.4 is 37.1 Å². The molecule has 0 aliphatic rings. The van der Waals surface area contributed by atoms with Crippen molar-refractivity contribution in [1.82, 2.24) is 46.2 Å². The first-order valence-corrected chi connectivity index (χ1v) is 36.7. The first kappa shape index (κ1) is 93.5. The Morgan fingerprint density at radius 2 is 0.882 bits per heavy atom. The summed E-state index contributed by atoms with van der Waals surface area (Å²) in [6.45, 7) is 22.7. The second-order valence-corrected chi connectivity index (χ2v) is 30.2. The summed E-state index contributed by atoms with van der Waals surface area (Å²) in [5.74, 6) is -9.54. The van der Waals surface area contributed by atoms with Gasteiger partial charge in [-0.2, -0.15) is 0 Å². The van der Waals surface area contributed by atoms with E-state index in [-0.39, 0.29) is 74.5 Å². The molecule has 0 heterocycles. The van der Waals surface area contributed by atoms with Gasteiger partial charge in [0.25, 0.3) is 0 Å². The lowest BCUT2D eigenvalue weighted by atomic mass is 9.87. The topological polar surface area (TPSA) is 421 Å². The maximum atomic E-state index is 14.7. The lowest BCUT2D eigenvalue weighted by Crippen LogP contribution is -2.63. The average molecular weight is 1450 g/mol. The number of aliphatic hydroxyl groups excluding tert-OH is 7. The molecule has 14 N–H and O–H groups in total. The molecule has 0 aliphatic heterocycles. The standard InChI is InChI=1S/C74H132N10O18/c1-20-22-52(88)31-46(11)32-53(89)33-47(12)34-54(90)35-48(13)36-55(91)38-63(93)77-57(29-42(3)4)71(98)84(18)66(49(14)21-2)70(97)79-59(40-86)67(94)78-58(30-43(5)6)72(99)82(16)64(44(7)8)69(96)80-60(41-87)73(100)83(17)65(45(9)10)74(101)81(15)61(27-28-62(75)92)68(95)76-51(39-85)37-50-23-25-56(102-19)26-24-50/h23-26,42-49,51-55,57-61,64-66,85-91H,20-22,27-41H2,1-19H3,(H2,75,92)(H,76,95)(H,77,93)(H,78,94)(H,79,97)(H,80,96)/t46-,47?,48-,49+,51+,52-,53-,54-,55+,57+,58+,59+,60+,61+,64+,65+,66+/m1/s1. The third-order valence-electron chi connectivity index (χ3n) is 18.9. The molecular weight excluding hydrogens is 1320 g/mol. The summed E-state index contributed by atoms with van der Waals surface area (Å²) >= 11 is 0. The minimum atomic E-state index is -1.69. The van der Waals surface area contributed by atoms with Gasteiger partial charge in [0.1, 0.15) is 54.1 Å². The third kappa shape index (κ3) is 32.2. The fourth-order valence-electron chi connectivity index (χ4n) is 13.5. The quantitative estimate of drug-likeness (QED) is 0.0446. The largest absolute Gasteiger partial charge is 0.497 e. The van der Waals surface area contributed by atoms with Gasteiger partial charge in [-0.05, 0) is 136 Å².